The predicted octanol–water partition coefficient (Wildman–Crippen LogP) is 2.12. The maximum Gasteiger partial charge on any atom is 0.0951 e. The smallest absolute Gasteiger partial charge is 0.0951 e. The van der Waals surface area contributed by atoms with Crippen molar-refractivity contribution < 1.29 is 4.74 Å². The third kappa shape index (κ3) is 3.07. The first-order valence-electron chi connectivity index (χ1n) is 6.44. The van der Waals surface area contributed by atoms with Crippen LogP contribution in [0.3, 0.4) is 0 Å². The van der Waals surface area contributed by atoms with Crippen LogP contribution < -0.4 is 5.32 Å². The summed E-state index contributed by atoms with van der Waals surface area (Å²) in [5.41, 5.74) is 1.47. The quantitative estimate of drug-likeness (QED) is 0.872. The molecule has 1 aromatic heterocycles. The van der Waals surface area contributed by atoms with Crippen LogP contribution in [0.1, 0.15) is 45.3 Å². The van der Waals surface area contributed by atoms with Crippen molar-refractivity contribution in [1.29, 1.82) is 0 Å². The molecule has 0 radical (unpaired) electrons. The van der Waals surface area contributed by atoms with Gasteiger partial charge in [0.25, 0.3) is 0 Å². The Bertz CT molecular complexity index is 353. The number of nitrogens with zero attached hydrogens (tertiary/aromatic N) is 2. The van der Waals surface area contributed by atoms with E-state index < -0.39 is 0 Å². The van der Waals surface area contributed by atoms with Crippen molar-refractivity contribution in [1.82, 2.24) is 14.9 Å². The van der Waals surface area contributed by atoms with Crippen LogP contribution in [0.4, 0.5) is 0 Å². The molecule has 4 nitrogen and oxygen atoms in total. The molecule has 2 rings (SSSR count). The largest absolute Gasteiger partial charge is 0.381 e. The lowest BCUT2D eigenvalue weighted by Crippen LogP contribution is -2.46. The van der Waals surface area contributed by atoms with Crippen LogP contribution in [0, 0.1) is 0 Å². The maximum absolute atomic E-state index is 5.41. The van der Waals surface area contributed by atoms with E-state index >= 15 is 0 Å². The molecule has 0 aliphatic carbocycles. The summed E-state index contributed by atoms with van der Waals surface area (Å²) in [7, 11) is 0. The Morgan fingerprint density at radius 2 is 2.18 bits per heavy atom. The number of hydrogen-bond acceptors (Lipinski definition) is 3. The van der Waals surface area contributed by atoms with Gasteiger partial charge in [0.15, 0.2) is 0 Å². The molecule has 1 saturated heterocycles. The highest BCUT2D eigenvalue weighted by Crippen LogP contribution is 2.20. The lowest BCUT2D eigenvalue weighted by molar-refractivity contribution is 0.0443. The summed E-state index contributed by atoms with van der Waals surface area (Å²) in [6, 6.07) is 0.469. The molecule has 0 unspecified atom stereocenters. The molecule has 1 N–H and O–H groups in total. The van der Waals surface area contributed by atoms with Gasteiger partial charge in [-0.1, -0.05) is 0 Å². The number of hydrogen-bond donors (Lipinski definition) is 1. The number of ether oxygens (including phenoxy) is 1. The van der Waals surface area contributed by atoms with Gasteiger partial charge >= 0.3 is 0 Å². The number of nitrogens with one attached hydrogen (secondary N) is 1. The van der Waals surface area contributed by atoms with Crippen molar-refractivity contribution in [3.63, 3.8) is 0 Å². The number of rotatable bonds is 4. The number of aromatic nitrogens is 2. The van der Waals surface area contributed by atoms with Crippen molar-refractivity contribution in [2.45, 2.75) is 51.7 Å². The van der Waals surface area contributed by atoms with Gasteiger partial charge in [-0.15, -0.1) is 0 Å². The predicted molar refractivity (Wildman–Crippen MR) is 67.9 cm³/mol. The van der Waals surface area contributed by atoms with Crippen molar-refractivity contribution in [3.8, 4) is 0 Å². The molecule has 0 bridgehead atoms. The van der Waals surface area contributed by atoms with E-state index in [0.29, 0.717) is 6.04 Å². The zero-order valence-corrected chi connectivity index (χ0v) is 11.1. The van der Waals surface area contributed by atoms with Crippen LogP contribution in [-0.2, 0) is 11.3 Å². The standard InChI is InChI=1S/C13H23N3O/c1-11(2)16-10-14-8-12(16)9-15-13(3)4-6-17-7-5-13/h8,10-11,15H,4-7,9H2,1-3H3. The summed E-state index contributed by atoms with van der Waals surface area (Å²) >= 11 is 0. The zero-order valence-electron chi connectivity index (χ0n) is 11.1. The van der Waals surface area contributed by atoms with Gasteiger partial charge in [-0.25, -0.2) is 4.98 Å². The first-order valence-corrected chi connectivity index (χ1v) is 6.44. The normalized spacial score (nSPS) is 19.8. The lowest BCUT2D eigenvalue weighted by atomic mass is 9.92. The summed E-state index contributed by atoms with van der Waals surface area (Å²) in [4.78, 5) is 4.23. The summed E-state index contributed by atoms with van der Waals surface area (Å²) in [5, 5.41) is 3.65. The molecule has 0 saturated carbocycles. The van der Waals surface area contributed by atoms with Crippen molar-refractivity contribution in [2.75, 3.05) is 13.2 Å². The van der Waals surface area contributed by atoms with Gasteiger partial charge in [0.2, 0.25) is 0 Å². The summed E-state index contributed by atoms with van der Waals surface area (Å²) < 4.78 is 7.62. The Labute approximate surface area is 103 Å². The van der Waals surface area contributed by atoms with Gasteiger partial charge in [-0.05, 0) is 33.6 Å². The Kier molecular flexibility index (Phi) is 3.84. The molecule has 1 fully saturated rings. The summed E-state index contributed by atoms with van der Waals surface area (Å²) in [6.07, 6.45) is 6.04. The Morgan fingerprint density at radius 3 is 2.82 bits per heavy atom. The Balaban J connectivity index is 1.94. The highest BCUT2D eigenvalue weighted by Gasteiger charge is 2.26. The average molecular weight is 237 g/mol. The Morgan fingerprint density at radius 1 is 1.47 bits per heavy atom. The Hall–Kier alpha value is -0.870. The fraction of sp³-hybridized carbons (Fsp3) is 0.769. The van der Waals surface area contributed by atoms with E-state index in [9.17, 15) is 0 Å². The lowest BCUT2D eigenvalue weighted by Gasteiger charge is -2.34. The van der Waals surface area contributed by atoms with Gasteiger partial charge < -0.3 is 14.6 Å². The minimum Gasteiger partial charge on any atom is -0.381 e. The van der Waals surface area contributed by atoms with Crippen LogP contribution in [0.25, 0.3) is 0 Å². The molecule has 1 aliphatic rings. The molecule has 0 spiro atoms. The van der Waals surface area contributed by atoms with Crippen LogP contribution in [0.5, 0.6) is 0 Å². The molecular formula is C13H23N3O. The van der Waals surface area contributed by atoms with Crippen molar-refractivity contribution in [2.24, 2.45) is 0 Å². The minimum atomic E-state index is 0.213. The van der Waals surface area contributed by atoms with Gasteiger partial charge in [0.1, 0.15) is 0 Å². The fourth-order valence-corrected chi connectivity index (χ4v) is 2.24. The SMILES string of the molecule is CC(C)n1cncc1CNC1(C)CCOCC1. The third-order valence-electron chi connectivity index (χ3n) is 3.60. The van der Waals surface area contributed by atoms with Gasteiger partial charge in [-0.3, -0.25) is 0 Å². The van der Waals surface area contributed by atoms with Crippen LogP contribution in [0.2, 0.25) is 0 Å². The average Bonchev–Trinajstić information content (AvgIpc) is 2.76. The topological polar surface area (TPSA) is 39.1 Å². The second-order valence-electron chi connectivity index (χ2n) is 5.41. The summed E-state index contributed by atoms with van der Waals surface area (Å²) in [6.45, 7) is 9.27. The zero-order chi connectivity index (χ0) is 12.3. The molecule has 2 heterocycles. The van der Waals surface area contributed by atoms with Gasteiger partial charge in [-0.2, -0.15) is 0 Å². The fourth-order valence-electron chi connectivity index (χ4n) is 2.24. The van der Waals surface area contributed by atoms with Crippen molar-refractivity contribution >= 4 is 0 Å². The molecule has 4 heteroatoms. The van der Waals surface area contributed by atoms with Crippen LogP contribution in [0.15, 0.2) is 12.5 Å². The van der Waals surface area contributed by atoms with Crippen molar-refractivity contribution in [3.05, 3.63) is 18.2 Å². The molecule has 1 aromatic rings. The maximum atomic E-state index is 5.41. The van der Waals surface area contributed by atoms with E-state index in [4.69, 9.17) is 4.74 Å². The molecule has 0 amide bonds. The van der Waals surface area contributed by atoms with E-state index in [2.05, 4.69) is 35.6 Å². The first-order chi connectivity index (χ1) is 8.11. The molecular weight excluding hydrogens is 214 g/mol. The minimum absolute atomic E-state index is 0.213. The van der Waals surface area contributed by atoms with Crippen LogP contribution in [-0.4, -0.2) is 28.3 Å². The molecule has 0 aromatic carbocycles. The van der Waals surface area contributed by atoms with Crippen LogP contribution >= 0.6 is 0 Å². The highest BCUT2D eigenvalue weighted by molar-refractivity contribution is 5.01. The van der Waals surface area contributed by atoms with E-state index in [1.165, 1.54) is 5.69 Å². The molecule has 1 aliphatic heterocycles. The number of imidazole rings is 1. The molecule has 96 valence electrons. The van der Waals surface area contributed by atoms with Gasteiger partial charge in [0.05, 0.1) is 12.0 Å². The molecule has 0 atom stereocenters. The summed E-state index contributed by atoms with van der Waals surface area (Å²) in [5.74, 6) is 0. The molecule has 17 heavy (non-hydrogen) atoms. The van der Waals surface area contributed by atoms with E-state index in [1.807, 2.05) is 12.5 Å². The van der Waals surface area contributed by atoms with E-state index in [-0.39, 0.29) is 5.54 Å². The second-order valence-corrected chi connectivity index (χ2v) is 5.41. The van der Waals surface area contributed by atoms with Gasteiger partial charge in [0, 0.05) is 37.5 Å². The second kappa shape index (κ2) is 5.19. The highest BCUT2D eigenvalue weighted by atomic mass is 16.5. The van der Waals surface area contributed by atoms with E-state index in [0.717, 1.165) is 32.6 Å². The third-order valence-corrected chi connectivity index (χ3v) is 3.60. The first kappa shape index (κ1) is 12.6. The monoisotopic (exact) mass is 237 g/mol. The van der Waals surface area contributed by atoms with E-state index in [1.54, 1.807) is 0 Å².